The molecule has 6 heteroatoms. The number of hydrogen-bond acceptors (Lipinski definition) is 4. The molecule has 0 saturated carbocycles. The van der Waals surface area contributed by atoms with Gasteiger partial charge in [0.05, 0.1) is 12.3 Å². The monoisotopic (exact) mass is 346 g/mol. The Bertz CT molecular complexity index is 353. The maximum atomic E-state index is 11.0. The van der Waals surface area contributed by atoms with Crippen molar-refractivity contribution >= 4 is 22.6 Å². The number of carbonyl (C=O) groups excluding carboxylic acids is 1. The van der Waals surface area contributed by atoms with Gasteiger partial charge in [0.25, 0.3) is 0 Å². The third kappa shape index (κ3) is 8.87. The molecule has 22 heavy (non-hydrogen) atoms. The van der Waals surface area contributed by atoms with E-state index in [1.165, 1.54) is 6.08 Å². The maximum absolute atomic E-state index is 11.0. The second-order valence-corrected chi connectivity index (χ2v) is 16.0. The van der Waals surface area contributed by atoms with Gasteiger partial charge < -0.3 is 13.6 Å². The lowest BCUT2D eigenvalue weighted by atomic mass is 10.3. The first-order valence-corrected chi connectivity index (χ1v) is 14.2. The van der Waals surface area contributed by atoms with Gasteiger partial charge >= 0.3 is 5.97 Å². The van der Waals surface area contributed by atoms with Crippen molar-refractivity contribution in [2.45, 2.75) is 65.2 Å². The minimum Gasteiger partial charge on any atom is -0.460 e. The fraction of sp³-hybridized carbons (Fsp3) is 0.812. The Kier molecular flexibility index (Phi) is 9.46. The maximum Gasteiger partial charge on any atom is 0.330 e. The van der Waals surface area contributed by atoms with Crippen molar-refractivity contribution in [3.8, 4) is 0 Å². The summed E-state index contributed by atoms with van der Waals surface area (Å²) >= 11 is 0. The van der Waals surface area contributed by atoms with Crippen LogP contribution in [0.4, 0.5) is 0 Å². The number of carbonyl (C=O) groups is 1. The van der Waals surface area contributed by atoms with E-state index in [1.54, 1.807) is 0 Å². The van der Waals surface area contributed by atoms with Gasteiger partial charge in [-0.1, -0.05) is 27.4 Å². The highest BCUT2D eigenvalue weighted by Crippen LogP contribution is 2.29. The zero-order valence-corrected chi connectivity index (χ0v) is 17.4. The molecule has 0 fully saturated rings. The molecule has 2 atom stereocenters. The average molecular weight is 347 g/mol. The van der Waals surface area contributed by atoms with Gasteiger partial charge in [0.2, 0.25) is 8.32 Å². The summed E-state index contributed by atoms with van der Waals surface area (Å²) in [6, 6.07) is 1.09. The van der Waals surface area contributed by atoms with Crippen LogP contribution in [0, 0.1) is 5.92 Å². The molecule has 0 rings (SSSR count). The van der Waals surface area contributed by atoms with Crippen molar-refractivity contribution in [2.24, 2.45) is 5.92 Å². The van der Waals surface area contributed by atoms with Crippen LogP contribution in [0.2, 0.25) is 32.2 Å². The Hall–Kier alpha value is -0.436. The molecule has 0 amide bonds. The van der Waals surface area contributed by atoms with E-state index in [4.69, 9.17) is 13.6 Å². The summed E-state index contributed by atoms with van der Waals surface area (Å²) in [5, 5.41) is 0. The summed E-state index contributed by atoms with van der Waals surface area (Å²) in [5.41, 5.74) is 0.129. The molecule has 0 radical (unpaired) electrons. The minimum absolute atomic E-state index is 0.129. The van der Waals surface area contributed by atoms with Crippen LogP contribution >= 0.6 is 0 Å². The molecule has 130 valence electrons. The van der Waals surface area contributed by atoms with Crippen LogP contribution in [-0.2, 0) is 18.4 Å². The second kappa shape index (κ2) is 9.65. The fourth-order valence-corrected chi connectivity index (χ4v) is 12.5. The summed E-state index contributed by atoms with van der Waals surface area (Å²) in [6.07, 6.45) is 2.10. The van der Waals surface area contributed by atoms with Gasteiger partial charge in [-0.2, -0.15) is 0 Å². The number of hydrogen-bond donors (Lipinski definition) is 0. The smallest absolute Gasteiger partial charge is 0.330 e. The van der Waals surface area contributed by atoms with Crippen molar-refractivity contribution in [1.82, 2.24) is 0 Å². The van der Waals surface area contributed by atoms with Gasteiger partial charge in [0, 0.05) is 6.08 Å². The summed E-state index contributed by atoms with van der Waals surface area (Å²) < 4.78 is 17.6. The second-order valence-electron chi connectivity index (χ2n) is 7.26. The largest absolute Gasteiger partial charge is 0.460 e. The normalized spacial score (nSPS) is 16.2. The van der Waals surface area contributed by atoms with E-state index in [-0.39, 0.29) is 12.3 Å². The highest BCUT2D eigenvalue weighted by atomic mass is 28.4. The summed E-state index contributed by atoms with van der Waals surface area (Å²) in [5.74, 6) is 0.182. The van der Waals surface area contributed by atoms with E-state index in [0.717, 1.165) is 12.5 Å². The van der Waals surface area contributed by atoms with E-state index >= 15 is 0 Å². The van der Waals surface area contributed by atoms with Crippen LogP contribution in [0.5, 0.6) is 0 Å². The molecule has 0 bridgehead atoms. The first-order chi connectivity index (χ1) is 10.0. The number of ether oxygens (including phenoxy) is 2. The van der Waals surface area contributed by atoms with Crippen LogP contribution < -0.4 is 0 Å². The third-order valence-electron chi connectivity index (χ3n) is 3.22. The summed E-state index contributed by atoms with van der Waals surface area (Å²) in [6.45, 7) is 19.6. The van der Waals surface area contributed by atoms with Crippen molar-refractivity contribution in [3.05, 3.63) is 12.7 Å². The Labute approximate surface area is 138 Å². The third-order valence-corrected chi connectivity index (χ3v) is 11.1. The number of esters is 1. The Morgan fingerprint density at radius 1 is 1.18 bits per heavy atom. The predicted molar refractivity (Wildman–Crippen MR) is 96.9 cm³/mol. The molecule has 0 aliphatic heterocycles. The number of rotatable bonds is 11. The molecule has 0 aromatic rings. The van der Waals surface area contributed by atoms with Crippen molar-refractivity contribution in [2.75, 3.05) is 13.2 Å². The zero-order chi connectivity index (χ0) is 17.4. The van der Waals surface area contributed by atoms with Gasteiger partial charge in [0.15, 0.2) is 8.32 Å². The zero-order valence-electron chi connectivity index (χ0n) is 15.4. The summed E-state index contributed by atoms with van der Waals surface area (Å²) in [4.78, 5) is 11.0. The topological polar surface area (TPSA) is 44.8 Å². The van der Waals surface area contributed by atoms with Crippen molar-refractivity contribution in [3.63, 3.8) is 0 Å². The lowest BCUT2D eigenvalue weighted by Gasteiger charge is -2.41. The van der Waals surface area contributed by atoms with E-state index in [0.29, 0.717) is 12.5 Å². The Morgan fingerprint density at radius 2 is 1.77 bits per heavy atom. The molecular formula is C16H34O4Si2. The van der Waals surface area contributed by atoms with Crippen LogP contribution in [0.1, 0.15) is 27.2 Å². The highest BCUT2D eigenvalue weighted by molar-refractivity contribution is 6.85. The first kappa shape index (κ1) is 21.6. The highest BCUT2D eigenvalue weighted by Gasteiger charge is 2.42. The van der Waals surface area contributed by atoms with Gasteiger partial charge in [-0.05, 0) is 44.6 Å². The SMILES string of the molecule is C=CC(=O)OCCOC(CC)[Si](C)(CC(C)C)O[Si](C)(C)C. The average Bonchev–Trinajstić information content (AvgIpc) is 2.34. The van der Waals surface area contributed by atoms with Crippen LogP contribution in [-0.4, -0.2) is 41.5 Å². The van der Waals surface area contributed by atoms with E-state index in [2.05, 4.69) is 53.5 Å². The molecule has 0 aromatic carbocycles. The van der Waals surface area contributed by atoms with Gasteiger partial charge in [-0.25, -0.2) is 4.79 Å². The standard InChI is InChI=1S/C16H34O4Si2/c1-9-15(17)18-11-12-19-16(10-2)22(8,13-14(3)4)20-21(5,6)7/h9,14,16H,1,10-13H2,2-8H3. The molecule has 0 spiro atoms. The van der Waals surface area contributed by atoms with Gasteiger partial charge in [-0.15, -0.1) is 0 Å². The molecular weight excluding hydrogens is 312 g/mol. The molecule has 0 aliphatic carbocycles. The quantitative estimate of drug-likeness (QED) is 0.244. The van der Waals surface area contributed by atoms with Gasteiger partial charge in [-0.3, -0.25) is 0 Å². The lowest BCUT2D eigenvalue weighted by molar-refractivity contribution is -0.139. The first-order valence-electron chi connectivity index (χ1n) is 8.15. The molecule has 0 heterocycles. The molecule has 0 aliphatic rings. The molecule has 2 unspecified atom stereocenters. The van der Waals surface area contributed by atoms with E-state index < -0.39 is 22.6 Å². The minimum atomic E-state index is -1.98. The lowest BCUT2D eigenvalue weighted by Crippen LogP contribution is -2.55. The Balaban J connectivity index is 4.76. The van der Waals surface area contributed by atoms with E-state index in [1.807, 2.05) is 0 Å². The van der Waals surface area contributed by atoms with Crippen molar-refractivity contribution < 1.29 is 18.4 Å². The van der Waals surface area contributed by atoms with Crippen LogP contribution in [0.25, 0.3) is 0 Å². The van der Waals surface area contributed by atoms with Crippen LogP contribution in [0.15, 0.2) is 12.7 Å². The summed E-state index contributed by atoms with van der Waals surface area (Å²) in [7, 11) is -3.61. The van der Waals surface area contributed by atoms with Gasteiger partial charge in [0.1, 0.15) is 6.61 Å². The fourth-order valence-electron chi connectivity index (χ4n) is 2.87. The molecule has 4 nitrogen and oxygen atoms in total. The molecule has 0 aromatic heterocycles. The van der Waals surface area contributed by atoms with Crippen LogP contribution in [0.3, 0.4) is 0 Å². The van der Waals surface area contributed by atoms with E-state index in [9.17, 15) is 4.79 Å². The predicted octanol–water partition coefficient (Wildman–Crippen LogP) is 4.13. The van der Waals surface area contributed by atoms with Crippen molar-refractivity contribution in [1.29, 1.82) is 0 Å². The molecule has 0 saturated heterocycles. The molecule has 0 N–H and O–H groups in total. The Morgan fingerprint density at radius 3 is 2.18 bits per heavy atom.